The van der Waals surface area contributed by atoms with Crippen LogP contribution >= 0.6 is 0 Å². The Bertz CT molecular complexity index is 1550. The molecule has 0 atom stereocenters. The van der Waals surface area contributed by atoms with E-state index in [1.807, 2.05) is 0 Å². The molecule has 6 aromatic rings. The lowest BCUT2D eigenvalue weighted by molar-refractivity contribution is 0.476. The van der Waals surface area contributed by atoms with E-state index in [0.717, 1.165) is 45.0 Å². The fourth-order valence-electron chi connectivity index (χ4n) is 4.95. The van der Waals surface area contributed by atoms with Gasteiger partial charge in [-0.05, 0) is 47.5 Å². The van der Waals surface area contributed by atoms with Gasteiger partial charge in [-0.15, -0.1) is 0 Å². The lowest BCUT2D eigenvalue weighted by Gasteiger charge is -2.30. The van der Waals surface area contributed by atoms with E-state index in [0.29, 0.717) is 0 Å². The van der Waals surface area contributed by atoms with Crippen LogP contribution in [-0.2, 0) is 0 Å². The third kappa shape index (κ3) is 2.71. The summed E-state index contributed by atoms with van der Waals surface area (Å²) in [6.07, 6.45) is 4.14. The first-order valence-electron chi connectivity index (χ1n) is 11.1. The topological polar surface area (TPSA) is 44.0 Å². The minimum Gasteiger partial charge on any atom is -0.453 e. The highest BCUT2D eigenvalue weighted by Crippen LogP contribution is 2.48. The van der Waals surface area contributed by atoms with Gasteiger partial charge < -0.3 is 19.6 Å². The normalized spacial score (nSPS) is 12.6. The van der Waals surface area contributed by atoms with Gasteiger partial charge in [-0.3, -0.25) is 0 Å². The van der Waals surface area contributed by atoms with E-state index in [4.69, 9.17) is 4.74 Å². The van der Waals surface area contributed by atoms with Gasteiger partial charge in [0.25, 0.3) is 0 Å². The number of anilines is 2. The van der Waals surface area contributed by atoms with Crippen molar-refractivity contribution in [3.8, 4) is 33.8 Å². The van der Waals surface area contributed by atoms with Gasteiger partial charge in [0.2, 0.25) is 0 Å². The second kappa shape index (κ2) is 6.78. The van der Waals surface area contributed by atoms with Gasteiger partial charge >= 0.3 is 0 Å². The van der Waals surface area contributed by atoms with Crippen molar-refractivity contribution in [1.29, 1.82) is 0 Å². The Morgan fingerprint density at radius 3 is 1.61 bits per heavy atom. The highest BCUT2D eigenvalue weighted by atomic mass is 16.5. The summed E-state index contributed by atoms with van der Waals surface area (Å²) in [7, 11) is 2.09. The van der Waals surface area contributed by atoms with Gasteiger partial charge in [-0.1, -0.05) is 48.5 Å². The average Bonchev–Trinajstić information content (AvgIpc) is 3.48. The standard InChI is InChI=1S/C29H21N3O/c1-32-26-12-10-18(22-16-30-24-8-4-2-6-20(22)24)14-28(26)33-29-15-19(11-13-27(29)32)23-17-31-25-9-5-3-7-21(23)25/h2-17,30-31H,1H3. The molecular weight excluding hydrogens is 406 g/mol. The van der Waals surface area contributed by atoms with Crippen LogP contribution in [0, 0.1) is 0 Å². The first kappa shape index (κ1) is 18.2. The Kier molecular flexibility index (Phi) is 3.73. The van der Waals surface area contributed by atoms with Gasteiger partial charge in [0.05, 0.1) is 11.4 Å². The SMILES string of the molecule is CN1c2ccc(-c3c[nH]c4ccccc34)cc2Oc2cc(-c3c[nH]c4ccccc34)ccc21. The molecule has 0 spiro atoms. The lowest BCUT2D eigenvalue weighted by atomic mass is 10.0. The van der Waals surface area contributed by atoms with E-state index in [2.05, 4.69) is 119 Å². The van der Waals surface area contributed by atoms with Crippen molar-refractivity contribution in [3.05, 3.63) is 97.3 Å². The van der Waals surface area contributed by atoms with E-state index >= 15 is 0 Å². The van der Waals surface area contributed by atoms with Crippen molar-refractivity contribution in [2.75, 3.05) is 11.9 Å². The number of fused-ring (bicyclic) bond motifs is 4. The number of nitrogens with zero attached hydrogens (tertiary/aromatic N) is 1. The Morgan fingerprint density at radius 1 is 0.606 bits per heavy atom. The molecule has 7 rings (SSSR count). The van der Waals surface area contributed by atoms with Crippen LogP contribution in [0.3, 0.4) is 0 Å². The van der Waals surface area contributed by atoms with E-state index in [1.165, 1.54) is 21.9 Å². The van der Waals surface area contributed by atoms with Crippen LogP contribution in [0.5, 0.6) is 11.5 Å². The fourth-order valence-corrected chi connectivity index (χ4v) is 4.95. The zero-order chi connectivity index (χ0) is 21.9. The van der Waals surface area contributed by atoms with Gasteiger partial charge in [0.1, 0.15) is 0 Å². The second-order valence-corrected chi connectivity index (χ2v) is 8.52. The third-order valence-electron chi connectivity index (χ3n) is 6.66. The lowest BCUT2D eigenvalue weighted by Crippen LogP contribution is -2.15. The van der Waals surface area contributed by atoms with Crippen molar-refractivity contribution in [3.63, 3.8) is 0 Å². The number of para-hydroxylation sites is 2. The summed E-state index contributed by atoms with van der Waals surface area (Å²) in [4.78, 5) is 8.95. The smallest absolute Gasteiger partial charge is 0.151 e. The molecule has 0 radical (unpaired) electrons. The number of aromatic amines is 2. The molecule has 4 nitrogen and oxygen atoms in total. The molecule has 3 heterocycles. The van der Waals surface area contributed by atoms with Crippen LogP contribution in [-0.4, -0.2) is 17.0 Å². The van der Waals surface area contributed by atoms with E-state index in [9.17, 15) is 0 Å². The Labute approximate surface area is 191 Å². The Balaban J connectivity index is 1.32. The molecule has 1 aliphatic rings. The molecule has 0 fully saturated rings. The van der Waals surface area contributed by atoms with Gasteiger partial charge in [0.15, 0.2) is 11.5 Å². The second-order valence-electron chi connectivity index (χ2n) is 8.52. The molecule has 0 saturated heterocycles. The third-order valence-corrected chi connectivity index (χ3v) is 6.66. The summed E-state index contributed by atoms with van der Waals surface area (Å²) in [5, 5.41) is 2.42. The summed E-state index contributed by atoms with van der Waals surface area (Å²) in [6.45, 7) is 0. The molecule has 2 aromatic heterocycles. The fraction of sp³-hybridized carbons (Fsp3) is 0.0345. The first-order chi connectivity index (χ1) is 16.3. The molecule has 1 aliphatic heterocycles. The Morgan fingerprint density at radius 2 is 1.09 bits per heavy atom. The van der Waals surface area contributed by atoms with Crippen molar-refractivity contribution < 1.29 is 4.74 Å². The molecule has 0 bridgehead atoms. The zero-order valence-corrected chi connectivity index (χ0v) is 18.1. The number of nitrogens with one attached hydrogen (secondary N) is 2. The predicted octanol–water partition coefficient (Wildman–Crippen LogP) is 7.86. The molecular formula is C29H21N3O. The Hall–Kier alpha value is -4.44. The van der Waals surface area contributed by atoms with Crippen LogP contribution in [0.1, 0.15) is 0 Å². The molecule has 2 N–H and O–H groups in total. The summed E-state index contributed by atoms with van der Waals surface area (Å²) < 4.78 is 6.49. The maximum Gasteiger partial charge on any atom is 0.151 e. The summed E-state index contributed by atoms with van der Waals surface area (Å²) in [5.74, 6) is 1.73. The summed E-state index contributed by atoms with van der Waals surface area (Å²) >= 11 is 0. The average molecular weight is 428 g/mol. The summed E-state index contributed by atoms with van der Waals surface area (Å²) in [6, 6.07) is 29.7. The van der Waals surface area contributed by atoms with Crippen LogP contribution in [0.4, 0.5) is 11.4 Å². The first-order valence-corrected chi connectivity index (χ1v) is 11.1. The van der Waals surface area contributed by atoms with Crippen LogP contribution < -0.4 is 9.64 Å². The van der Waals surface area contributed by atoms with Crippen molar-refractivity contribution in [2.45, 2.75) is 0 Å². The monoisotopic (exact) mass is 427 g/mol. The van der Waals surface area contributed by atoms with Gasteiger partial charge in [-0.25, -0.2) is 0 Å². The van der Waals surface area contributed by atoms with Crippen LogP contribution in [0.15, 0.2) is 97.3 Å². The van der Waals surface area contributed by atoms with Crippen LogP contribution in [0.25, 0.3) is 44.1 Å². The largest absolute Gasteiger partial charge is 0.453 e. The predicted molar refractivity (Wildman–Crippen MR) is 136 cm³/mol. The van der Waals surface area contributed by atoms with Crippen LogP contribution in [0.2, 0.25) is 0 Å². The highest BCUT2D eigenvalue weighted by Gasteiger charge is 2.23. The molecule has 0 aliphatic carbocycles. The molecule has 0 saturated carbocycles. The quantitative estimate of drug-likeness (QED) is 0.295. The molecule has 4 heteroatoms. The van der Waals surface area contributed by atoms with Crippen molar-refractivity contribution >= 4 is 33.2 Å². The molecule has 0 amide bonds. The minimum absolute atomic E-state index is 0.865. The maximum atomic E-state index is 6.49. The molecule has 0 unspecified atom stereocenters. The van der Waals surface area contributed by atoms with Gasteiger partial charge in [-0.2, -0.15) is 0 Å². The maximum absolute atomic E-state index is 6.49. The van der Waals surface area contributed by atoms with E-state index in [1.54, 1.807) is 0 Å². The number of hydrogen-bond donors (Lipinski definition) is 2. The number of benzene rings is 4. The van der Waals surface area contributed by atoms with Crippen molar-refractivity contribution in [2.24, 2.45) is 0 Å². The number of H-pyrrole nitrogens is 2. The number of aromatic nitrogens is 2. The van der Waals surface area contributed by atoms with Gasteiger partial charge in [0, 0.05) is 52.4 Å². The number of hydrogen-bond acceptors (Lipinski definition) is 2. The summed E-state index contributed by atoms with van der Waals surface area (Å²) in [5.41, 5.74) is 9.02. The van der Waals surface area contributed by atoms with Crippen molar-refractivity contribution in [1.82, 2.24) is 9.97 Å². The molecule has 158 valence electrons. The molecule has 33 heavy (non-hydrogen) atoms. The molecule has 4 aromatic carbocycles. The zero-order valence-electron chi connectivity index (χ0n) is 18.1. The van der Waals surface area contributed by atoms with E-state index in [-0.39, 0.29) is 0 Å². The van der Waals surface area contributed by atoms with E-state index < -0.39 is 0 Å². The highest BCUT2D eigenvalue weighted by molar-refractivity contribution is 5.98. The number of ether oxygens (including phenoxy) is 1. The number of rotatable bonds is 2. The minimum atomic E-state index is 0.865.